The molecule has 152 valence electrons. The molecule has 3 rings (SSSR count). The molecule has 8 heteroatoms. The molecule has 2 aromatic carbocycles. The van der Waals surface area contributed by atoms with E-state index in [4.69, 9.17) is 9.52 Å². The van der Waals surface area contributed by atoms with Crippen molar-refractivity contribution in [2.24, 2.45) is 0 Å². The third kappa shape index (κ3) is 4.17. The van der Waals surface area contributed by atoms with Gasteiger partial charge in [0.15, 0.2) is 0 Å². The first-order chi connectivity index (χ1) is 13.6. The number of benzene rings is 2. The zero-order chi connectivity index (χ0) is 21.3. The van der Waals surface area contributed by atoms with Crippen LogP contribution in [0.4, 0.5) is 0 Å². The van der Waals surface area contributed by atoms with Crippen LogP contribution in [0.3, 0.4) is 0 Å². The summed E-state index contributed by atoms with van der Waals surface area (Å²) < 4.78 is 32.2. The molecule has 0 fully saturated rings. The van der Waals surface area contributed by atoms with Crippen molar-refractivity contribution in [1.82, 2.24) is 4.31 Å². The van der Waals surface area contributed by atoms with Crippen LogP contribution in [-0.4, -0.2) is 36.3 Å². The standard InChI is InChI=1S/C21H21NO6S/c1-13-4-7-20(14(2)10-13)29(26,27)22(15(3)23)9-8-16-5-6-18-17(11-16)12-19(28-18)21(24)25/h4-7,10-12H,8-9H2,1-3H3,(H,24,25). The highest BCUT2D eigenvalue weighted by atomic mass is 32.2. The third-order valence-corrected chi connectivity index (χ3v) is 6.68. The van der Waals surface area contributed by atoms with Gasteiger partial charge >= 0.3 is 5.97 Å². The van der Waals surface area contributed by atoms with Gasteiger partial charge in [-0.1, -0.05) is 23.8 Å². The van der Waals surface area contributed by atoms with E-state index in [0.717, 1.165) is 15.4 Å². The number of carboxylic acids is 1. The van der Waals surface area contributed by atoms with E-state index in [1.54, 1.807) is 37.3 Å². The minimum absolute atomic E-state index is 0.0276. The molecule has 7 nitrogen and oxygen atoms in total. The molecule has 0 unspecified atom stereocenters. The van der Waals surface area contributed by atoms with Gasteiger partial charge in [0, 0.05) is 18.9 Å². The molecule has 0 aliphatic rings. The van der Waals surface area contributed by atoms with Crippen molar-refractivity contribution in [3.05, 3.63) is 64.9 Å². The summed E-state index contributed by atoms with van der Waals surface area (Å²) in [6.07, 6.45) is 0.285. The summed E-state index contributed by atoms with van der Waals surface area (Å²) >= 11 is 0. The first-order valence-electron chi connectivity index (χ1n) is 8.96. The number of rotatable bonds is 6. The summed E-state index contributed by atoms with van der Waals surface area (Å²) in [6.45, 7) is 4.76. The molecule has 0 atom stereocenters. The molecule has 0 aliphatic heterocycles. The summed E-state index contributed by atoms with van der Waals surface area (Å²) in [6, 6.07) is 11.5. The summed E-state index contributed by atoms with van der Waals surface area (Å²) in [5.41, 5.74) is 2.71. The van der Waals surface area contributed by atoms with Gasteiger partial charge in [-0.2, -0.15) is 0 Å². The Bertz CT molecular complexity index is 1210. The Kier molecular flexibility index (Phi) is 5.48. The summed E-state index contributed by atoms with van der Waals surface area (Å²) in [7, 11) is -3.98. The number of fused-ring (bicyclic) bond motifs is 1. The second-order valence-corrected chi connectivity index (χ2v) is 8.73. The Hall–Kier alpha value is -3.13. The Balaban J connectivity index is 1.86. The Morgan fingerprint density at radius 3 is 2.41 bits per heavy atom. The van der Waals surface area contributed by atoms with E-state index in [2.05, 4.69) is 0 Å². The first kappa shape index (κ1) is 20.6. The number of amides is 1. The Labute approximate surface area is 168 Å². The van der Waals surface area contributed by atoms with Gasteiger partial charge in [-0.25, -0.2) is 17.5 Å². The largest absolute Gasteiger partial charge is 0.475 e. The number of carbonyl (C=O) groups is 2. The smallest absolute Gasteiger partial charge is 0.371 e. The maximum Gasteiger partial charge on any atom is 0.371 e. The molecule has 1 heterocycles. The van der Waals surface area contributed by atoms with E-state index in [9.17, 15) is 18.0 Å². The lowest BCUT2D eigenvalue weighted by Crippen LogP contribution is -2.37. The van der Waals surface area contributed by atoms with Crippen molar-refractivity contribution in [2.75, 3.05) is 6.54 Å². The highest BCUT2D eigenvalue weighted by Gasteiger charge is 2.28. The summed E-state index contributed by atoms with van der Waals surface area (Å²) in [5, 5.41) is 9.63. The van der Waals surface area contributed by atoms with Crippen LogP contribution in [0, 0.1) is 13.8 Å². The fraction of sp³-hybridized carbons (Fsp3) is 0.238. The fourth-order valence-corrected chi connectivity index (χ4v) is 4.85. The molecule has 0 spiro atoms. The number of hydrogen-bond donors (Lipinski definition) is 1. The molecule has 0 saturated carbocycles. The summed E-state index contributed by atoms with van der Waals surface area (Å²) in [5.74, 6) is -1.90. The summed E-state index contributed by atoms with van der Waals surface area (Å²) in [4.78, 5) is 23.3. The lowest BCUT2D eigenvalue weighted by atomic mass is 10.1. The van der Waals surface area contributed by atoms with Gasteiger partial charge in [0.05, 0.1) is 4.90 Å². The number of aryl methyl sites for hydroxylation is 2. The molecule has 0 aliphatic carbocycles. The van der Waals surface area contributed by atoms with E-state index >= 15 is 0 Å². The highest BCUT2D eigenvalue weighted by molar-refractivity contribution is 7.89. The normalized spacial score (nSPS) is 11.6. The van der Waals surface area contributed by atoms with Crippen molar-refractivity contribution in [1.29, 1.82) is 0 Å². The molecule has 29 heavy (non-hydrogen) atoms. The topological polar surface area (TPSA) is 105 Å². The van der Waals surface area contributed by atoms with Crippen molar-refractivity contribution in [3.63, 3.8) is 0 Å². The lowest BCUT2D eigenvalue weighted by Gasteiger charge is -2.22. The molecular formula is C21H21NO6S. The quantitative estimate of drug-likeness (QED) is 0.660. The number of furan rings is 1. The van der Waals surface area contributed by atoms with Crippen molar-refractivity contribution < 1.29 is 27.5 Å². The molecule has 0 saturated heterocycles. The third-order valence-electron chi connectivity index (χ3n) is 4.64. The number of nitrogens with zero attached hydrogens (tertiary/aromatic N) is 1. The second-order valence-electron chi connectivity index (χ2n) is 6.90. The van der Waals surface area contributed by atoms with Gasteiger partial charge in [-0.05, 0) is 55.7 Å². The molecule has 1 aromatic heterocycles. The van der Waals surface area contributed by atoms with Crippen molar-refractivity contribution in [2.45, 2.75) is 32.1 Å². The average Bonchev–Trinajstić information content (AvgIpc) is 3.04. The number of sulfonamides is 1. The van der Waals surface area contributed by atoms with E-state index in [-0.39, 0.29) is 23.6 Å². The van der Waals surface area contributed by atoms with Crippen molar-refractivity contribution in [3.8, 4) is 0 Å². The molecular weight excluding hydrogens is 394 g/mol. The van der Waals surface area contributed by atoms with E-state index in [1.807, 2.05) is 6.92 Å². The molecule has 3 aromatic rings. The first-order valence-corrected chi connectivity index (χ1v) is 10.4. The zero-order valence-corrected chi connectivity index (χ0v) is 17.1. The zero-order valence-electron chi connectivity index (χ0n) is 16.3. The van der Waals surface area contributed by atoms with Crippen LogP contribution in [0.1, 0.15) is 34.2 Å². The number of aromatic carboxylic acids is 1. The lowest BCUT2D eigenvalue weighted by molar-refractivity contribution is -0.124. The minimum Gasteiger partial charge on any atom is -0.475 e. The molecule has 0 radical (unpaired) electrons. The Morgan fingerprint density at radius 2 is 1.79 bits per heavy atom. The van der Waals surface area contributed by atoms with Gasteiger partial charge in [-0.3, -0.25) is 4.79 Å². The van der Waals surface area contributed by atoms with Gasteiger partial charge in [-0.15, -0.1) is 0 Å². The highest BCUT2D eigenvalue weighted by Crippen LogP contribution is 2.24. The van der Waals surface area contributed by atoms with Gasteiger partial charge < -0.3 is 9.52 Å². The van der Waals surface area contributed by atoms with Gasteiger partial charge in [0.1, 0.15) is 5.58 Å². The molecule has 1 amide bonds. The maximum absolute atomic E-state index is 13.0. The van der Waals surface area contributed by atoms with E-state index in [1.165, 1.54) is 19.1 Å². The number of carbonyl (C=O) groups excluding carboxylic acids is 1. The molecule has 1 N–H and O–H groups in total. The minimum atomic E-state index is -3.98. The monoisotopic (exact) mass is 415 g/mol. The Morgan fingerprint density at radius 1 is 1.07 bits per heavy atom. The average molecular weight is 415 g/mol. The van der Waals surface area contributed by atoms with Crippen LogP contribution >= 0.6 is 0 Å². The van der Waals surface area contributed by atoms with Crippen LogP contribution in [0.2, 0.25) is 0 Å². The van der Waals surface area contributed by atoms with Crippen LogP contribution in [0.15, 0.2) is 51.8 Å². The van der Waals surface area contributed by atoms with E-state index in [0.29, 0.717) is 16.5 Å². The van der Waals surface area contributed by atoms with Crippen LogP contribution in [0.25, 0.3) is 11.0 Å². The predicted molar refractivity (Wildman–Crippen MR) is 107 cm³/mol. The van der Waals surface area contributed by atoms with Crippen LogP contribution < -0.4 is 0 Å². The number of carboxylic acid groups (broad SMARTS) is 1. The molecule has 0 bridgehead atoms. The van der Waals surface area contributed by atoms with Crippen LogP contribution in [-0.2, 0) is 21.2 Å². The van der Waals surface area contributed by atoms with Gasteiger partial charge in [0.25, 0.3) is 10.0 Å². The SMILES string of the molecule is CC(=O)N(CCc1ccc2oc(C(=O)O)cc2c1)S(=O)(=O)c1ccc(C)cc1C. The fourth-order valence-electron chi connectivity index (χ4n) is 3.24. The number of hydrogen-bond acceptors (Lipinski definition) is 5. The van der Waals surface area contributed by atoms with Crippen molar-refractivity contribution >= 4 is 32.9 Å². The van der Waals surface area contributed by atoms with E-state index < -0.39 is 21.9 Å². The second kappa shape index (κ2) is 7.71. The predicted octanol–water partition coefficient (Wildman–Crippen LogP) is 3.53. The maximum atomic E-state index is 13.0. The van der Waals surface area contributed by atoms with Gasteiger partial charge in [0.2, 0.25) is 11.7 Å². The van der Waals surface area contributed by atoms with Crippen LogP contribution in [0.5, 0.6) is 0 Å².